The van der Waals surface area contributed by atoms with E-state index in [0.717, 1.165) is 23.0 Å². The highest BCUT2D eigenvalue weighted by atomic mass is 32.2. The maximum absolute atomic E-state index is 12.9. The first kappa shape index (κ1) is 21.6. The number of hydrogen-bond acceptors (Lipinski definition) is 6. The number of nitrogens with zero attached hydrogens (tertiary/aromatic N) is 2. The number of carbonyl (C=O) groups is 2. The lowest BCUT2D eigenvalue weighted by molar-refractivity contribution is 0.0898. The third-order valence-corrected chi connectivity index (χ3v) is 6.60. The van der Waals surface area contributed by atoms with E-state index in [1.54, 1.807) is 31.7 Å². The summed E-state index contributed by atoms with van der Waals surface area (Å²) in [5.74, 6) is 2.97. The highest BCUT2D eigenvalue weighted by Crippen LogP contribution is 2.29. The average molecular weight is 405 g/mol. The molecular weight excluding hydrogens is 380 g/mol. The summed E-state index contributed by atoms with van der Waals surface area (Å²) in [5, 5.41) is 0. The molecule has 0 aliphatic heterocycles. The van der Waals surface area contributed by atoms with Gasteiger partial charge in [0.25, 0.3) is 11.8 Å². The summed E-state index contributed by atoms with van der Waals surface area (Å²) in [6, 6.07) is 7.08. The molecule has 2 amide bonds. The van der Waals surface area contributed by atoms with Crippen molar-refractivity contribution in [2.45, 2.75) is 27.7 Å². The Balaban J connectivity index is 3.13. The predicted octanol–water partition coefficient (Wildman–Crippen LogP) is 5.24. The van der Waals surface area contributed by atoms with Crippen LogP contribution in [0.3, 0.4) is 0 Å². The highest BCUT2D eigenvalue weighted by Gasteiger charge is 2.25. The summed E-state index contributed by atoms with van der Waals surface area (Å²) >= 11 is 5.86. The van der Waals surface area contributed by atoms with Crippen LogP contribution in [-0.4, -0.2) is 42.2 Å². The second-order valence-electron chi connectivity index (χ2n) is 4.34. The van der Waals surface area contributed by atoms with Gasteiger partial charge in [-0.3, -0.25) is 9.59 Å². The Morgan fingerprint density at radius 1 is 0.708 bits per heavy atom. The first-order chi connectivity index (χ1) is 11.6. The van der Waals surface area contributed by atoms with Gasteiger partial charge in [0.2, 0.25) is 0 Å². The lowest BCUT2D eigenvalue weighted by atomic mass is 10.1. The molecule has 0 saturated heterocycles. The highest BCUT2D eigenvalue weighted by molar-refractivity contribution is 8.13. The van der Waals surface area contributed by atoms with Gasteiger partial charge in [-0.15, -0.1) is 0 Å². The van der Waals surface area contributed by atoms with Crippen molar-refractivity contribution in [2.75, 3.05) is 23.0 Å². The number of benzene rings is 1. The summed E-state index contributed by atoms with van der Waals surface area (Å²) in [6.45, 7) is 8.04. The van der Waals surface area contributed by atoms with E-state index < -0.39 is 0 Å². The van der Waals surface area contributed by atoms with Crippen LogP contribution < -0.4 is 0 Å². The summed E-state index contributed by atoms with van der Waals surface area (Å²) in [4.78, 5) is 25.8. The fourth-order valence-corrected chi connectivity index (χ4v) is 5.49. The van der Waals surface area contributed by atoms with Gasteiger partial charge < -0.3 is 0 Å². The molecule has 0 spiro atoms. The van der Waals surface area contributed by atoms with E-state index >= 15 is 0 Å². The molecule has 0 heterocycles. The van der Waals surface area contributed by atoms with Crippen LogP contribution in [0.5, 0.6) is 0 Å². The molecule has 0 atom stereocenters. The SMILES string of the molecule is CCSN(SCC)C(=O)c1ccccc1C(=O)N(SCC)SCC. The topological polar surface area (TPSA) is 40.6 Å². The molecule has 0 aromatic heterocycles. The third-order valence-electron chi connectivity index (χ3n) is 2.70. The van der Waals surface area contributed by atoms with Crippen LogP contribution in [-0.2, 0) is 0 Å². The molecule has 1 aromatic rings. The number of carbonyl (C=O) groups excluding carboxylic acids is 2. The normalized spacial score (nSPS) is 10.5. The van der Waals surface area contributed by atoms with Gasteiger partial charge in [0, 0.05) is 23.0 Å². The molecule has 1 aromatic carbocycles. The van der Waals surface area contributed by atoms with Gasteiger partial charge in [0.05, 0.1) is 11.1 Å². The number of rotatable bonds is 10. The van der Waals surface area contributed by atoms with Crippen molar-refractivity contribution in [3.8, 4) is 0 Å². The van der Waals surface area contributed by atoms with Crippen molar-refractivity contribution in [2.24, 2.45) is 0 Å². The number of hydrogen-bond donors (Lipinski definition) is 0. The maximum atomic E-state index is 12.9. The van der Waals surface area contributed by atoms with Gasteiger partial charge in [-0.1, -0.05) is 39.8 Å². The van der Waals surface area contributed by atoms with Gasteiger partial charge in [0.1, 0.15) is 0 Å². The Bertz CT molecular complexity index is 484. The predicted molar refractivity (Wildman–Crippen MR) is 111 cm³/mol. The van der Waals surface area contributed by atoms with E-state index in [4.69, 9.17) is 0 Å². The van der Waals surface area contributed by atoms with Gasteiger partial charge in [-0.25, -0.2) is 7.42 Å². The molecule has 0 fully saturated rings. The molecule has 8 heteroatoms. The Hall–Kier alpha value is -0.440. The van der Waals surface area contributed by atoms with Crippen molar-refractivity contribution in [3.05, 3.63) is 35.4 Å². The lowest BCUT2D eigenvalue weighted by Crippen LogP contribution is -2.25. The zero-order valence-corrected chi connectivity index (χ0v) is 17.7. The van der Waals surface area contributed by atoms with Crippen LogP contribution in [0.4, 0.5) is 0 Å². The zero-order valence-electron chi connectivity index (χ0n) is 14.5. The van der Waals surface area contributed by atoms with Gasteiger partial charge in [0.15, 0.2) is 0 Å². The molecule has 1 rings (SSSR count). The van der Waals surface area contributed by atoms with Crippen molar-refractivity contribution in [1.82, 2.24) is 7.42 Å². The van der Waals surface area contributed by atoms with Crippen LogP contribution in [0.15, 0.2) is 24.3 Å². The first-order valence-electron chi connectivity index (χ1n) is 7.90. The number of amides is 2. The van der Waals surface area contributed by atoms with Crippen molar-refractivity contribution in [1.29, 1.82) is 0 Å². The van der Waals surface area contributed by atoms with Crippen LogP contribution in [0.2, 0.25) is 0 Å². The van der Waals surface area contributed by atoms with Gasteiger partial charge in [-0.05, 0) is 59.9 Å². The molecular formula is C16H24N2O2S4. The molecule has 4 nitrogen and oxygen atoms in total. The van der Waals surface area contributed by atoms with Crippen LogP contribution in [0.25, 0.3) is 0 Å². The van der Waals surface area contributed by atoms with Crippen molar-refractivity contribution in [3.63, 3.8) is 0 Å². The van der Waals surface area contributed by atoms with Crippen molar-refractivity contribution < 1.29 is 9.59 Å². The molecule has 24 heavy (non-hydrogen) atoms. The van der Waals surface area contributed by atoms with E-state index in [-0.39, 0.29) is 11.8 Å². The molecule has 0 bridgehead atoms. The summed E-state index contributed by atoms with van der Waals surface area (Å²) in [7, 11) is 0. The summed E-state index contributed by atoms with van der Waals surface area (Å²) in [6.07, 6.45) is 0. The molecule has 134 valence electrons. The minimum absolute atomic E-state index is 0.124. The van der Waals surface area contributed by atoms with Gasteiger partial charge in [-0.2, -0.15) is 0 Å². The smallest absolute Gasteiger partial charge is 0.267 e. The zero-order chi connectivity index (χ0) is 17.9. The molecule has 0 aliphatic rings. The third kappa shape index (κ3) is 6.13. The van der Waals surface area contributed by atoms with E-state index in [1.165, 1.54) is 47.8 Å². The van der Waals surface area contributed by atoms with E-state index in [1.807, 2.05) is 27.7 Å². The molecule has 0 unspecified atom stereocenters. The Morgan fingerprint density at radius 3 is 1.25 bits per heavy atom. The minimum atomic E-state index is -0.124. The first-order valence-corrected chi connectivity index (χ1v) is 11.7. The molecule has 0 saturated carbocycles. The van der Waals surface area contributed by atoms with E-state index in [2.05, 4.69) is 0 Å². The van der Waals surface area contributed by atoms with Crippen molar-refractivity contribution >= 4 is 59.6 Å². The van der Waals surface area contributed by atoms with Crippen LogP contribution >= 0.6 is 47.8 Å². The van der Waals surface area contributed by atoms with E-state index in [9.17, 15) is 9.59 Å². The standard InChI is InChI=1S/C16H24N2O2S4/c1-5-21-17(22-6-2)15(19)13-11-9-10-12-14(13)16(20)18(23-7-3)24-8-4/h9-12H,5-8H2,1-4H3. The Kier molecular flexibility index (Phi) is 10.8. The summed E-state index contributed by atoms with van der Waals surface area (Å²) < 4.78 is 3.35. The summed E-state index contributed by atoms with van der Waals surface area (Å²) in [5.41, 5.74) is 0.922. The second-order valence-corrected chi connectivity index (χ2v) is 9.61. The minimum Gasteiger partial charge on any atom is -0.267 e. The maximum Gasteiger partial charge on any atom is 0.274 e. The van der Waals surface area contributed by atoms with Crippen LogP contribution in [0, 0.1) is 0 Å². The lowest BCUT2D eigenvalue weighted by Gasteiger charge is -2.22. The Morgan fingerprint density at radius 2 is 1.00 bits per heavy atom. The largest absolute Gasteiger partial charge is 0.274 e. The fraction of sp³-hybridized carbons (Fsp3) is 0.500. The van der Waals surface area contributed by atoms with Gasteiger partial charge >= 0.3 is 0 Å². The average Bonchev–Trinajstić information content (AvgIpc) is 2.60. The quantitative estimate of drug-likeness (QED) is 0.497. The monoisotopic (exact) mass is 404 g/mol. The molecule has 0 N–H and O–H groups in total. The van der Waals surface area contributed by atoms with E-state index in [0.29, 0.717) is 11.1 Å². The second kappa shape index (κ2) is 12.0. The molecule has 0 radical (unpaired) electrons. The Labute approximate surface area is 162 Å². The van der Waals surface area contributed by atoms with Crippen LogP contribution in [0.1, 0.15) is 48.4 Å². The molecule has 0 aliphatic carbocycles. The fourth-order valence-electron chi connectivity index (χ4n) is 1.83.